The van der Waals surface area contributed by atoms with Crippen molar-refractivity contribution in [3.63, 3.8) is 0 Å². The molecule has 0 amide bonds. The molecule has 19 heteroatoms. The van der Waals surface area contributed by atoms with Crippen molar-refractivity contribution in [1.82, 2.24) is 0 Å². The molecule has 0 aromatic heterocycles. The Morgan fingerprint density at radius 3 is 1.40 bits per heavy atom. The van der Waals surface area contributed by atoms with Gasteiger partial charge in [0.15, 0.2) is 0 Å². The van der Waals surface area contributed by atoms with E-state index in [0.29, 0.717) is 14.0 Å². The lowest BCUT2D eigenvalue weighted by Crippen LogP contribution is -2.74. The van der Waals surface area contributed by atoms with E-state index in [1.54, 1.807) is 0 Å². The van der Waals surface area contributed by atoms with Gasteiger partial charge in [-0.05, 0) is 38.5 Å². The highest BCUT2D eigenvalue weighted by Crippen LogP contribution is 2.64. The van der Waals surface area contributed by atoms with Gasteiger partial charge in [0.1, 0.15) is 5.75 Å². The minimum absolute atomic E-state index is 0.143. The summed E-state index contributed by atoms with van der Waals surface area (Å²) in [6.45, 7) is 3.46. The van der Waals surface area contributed by atoms with Gasteiger partial charge >= 0.3 is 47.6 Å². The zero-order valence-corrected chi connectivity index (χ0v) is 20.3. The number of hydrogen-bond acceptors (Lipinski definition) is 2. The molecule has 0 saturated heterocycles. The van der Waals surface area contributed by atoms with Crippen LogP contribution in [0.1, 0.15) is 32.8 Å². The van der Waals surface area contributed by atoms with E-state index >= 15 is 0 Å². The summed E-state index contributed by atoms with van der Waals surface area (Å²) in [5, 5.41) is 0. The highest BCUT2D eigenvalue weighted by atomic mass is 19.4. The third-order valence-corrected chi connectivity index (χ3v) is 5.61. The molecule has 0 aliphatic carbocycles. The van der Waals surface area contributed by atoms with Crippen LogP contribution in [0.4, 0.5) is 74.6 Å². The van der Waals surface area contributed by atoms with Crippen molar-refractivity contribution in [3.05, 3.63) is 29.8 Å². The molecule has 1 aromatic rings. The summed E-state index contributed by atoms with van der Waals surface area (Å²) in [6.07, 6.45) is -11.1. The number of hydrogen-bond donors (Lipinski definition) is 0. The molecule has 0 bridgehead atoms. The first-order valence-corrected chi connectivity index (χ1v) is 10.4. The van der Waals surface area contributed by atoms with Gasteiger partial charge in [-0.25, -0.2) is 0 Å². The predicted molar refractivity (Wildman–Crippen MR) is 102 cm³/mol. The molecule has 1 unspecified atom stereocenters. The molecule has 0 saturated carbocycles. The zero-order valence-electron chi connectivity index (χ0n) is 20.3. The number of methoxy groups -OCH3 is 1. The fraction of sp³-hybridized carbons (Fsp3) is 0.714. The van der Waals surface area contributed by atoms with Crippen LogP contribution in [0.25, 0.3) is 0 Å². The van der Waals surface area contributed by atoms with E-state index in [4.69, 9.17) is 4.74 Å². The Bertz CT molecular complexity index is 1030. The average Bonchev–Trinajstić information content (AvgIpc) is 2.76. The monoisotopic (exact) mass is 626 g/mol. The zero-order chi connectivity index (χ0) is 32.2. The van der Waals surface area contributed by atoms with E-state index in [9.17, 15) is 74.6 Å². The maximum absolute atomic E-state index is 14.6. The Balaban J connectivity index is 3.66. The Morgan fingerprint density at radius 1 is 0.625 bits per heavy atom. The van der Waals surface area contributed by atoms with Gasteiger partial charge in [-0.2, -0.15) is 74.6 Å². The van der Waals surface area contributed by atoms with Gasteiger partial charge in [-0.15, -0.1) is 0 Å². The first kappa shape index (κ1) is 35.8. The smallest absolute Gasteiger partial charge is 0.460 e. The van der Waals surface area contributed by atoms with Crippen LogP contribution >= 0.6 is 0 Å². The summed E-state index contributed by atoms with van der Waals surface area (Å²) in [5.74, 6) is -56.9. The number of rotatable bonds is 12. The molecule has 40 heavy (non-hydrogen) atoms. The second kappa shape index (κ2) is 10.3. The van der Waals surface area contributed by atoms with Crippen LogP contribution in [-0.4, -0.2) is 60.8 Å². The van der Waals surface area contributed by atoms with Crippen molar-refractivity contribution < 1.29 is 84.1 Å². The average molecular weight is 626 g/mol. The van der Waals surface area contributed by atoms with Crippen LogP contribution in [0, 0.1) is 0 Å². The molecule has 0 aliphatic heterocycles. The van der Waals surface area contributed by atoms with Gasteiger partial charge in [-0.1, -0.05) is 12.1 Å². The Labute approximate surface area is 214 Å². The van der Waals surface area contributed by atoms with Crippen LogP contribution in [0.2, 0.25) is 0 Å². The quantitative estimate of drug-likeness (QED) is 0.216. The fourth-order valence-corrected chi connectivity index (χ4v) is 3.19. The topological polar surface area (TPSA) is 18.5 Å². The number of benzene rings is 1. The van der Waals surface area contributed by atoms with Gasteiger partial charge in [0, 0.05) is 7.11 Å². The molecule has 234 valence electrons. The molecule has 1 atom stereocenters. The van der Waals surface area contributed by atoms with Crippen molar-refractivity contribution in [2.45, 2.75) is 86.5 Å². The summed E-state index contributed by atoms with van der Waals surface area (Å²) >= 11 is 0. The van der Waals surface area contributed by atoms with Gasteiger partial charge in [-0.3, -0.25) is 0 Å². The van der Waals surface area contributed by atoms with Crippen molar-refractivity contribution in [3.8, 4) is 5.75 Å². The van der Waals surface area contributed by atoms with Gasteiger partial charge in [0.05, 0.1) is 18.1 Å². The highest BCUT2D eigenvalue weighted by Gasteiger charge is 2.95. The summed E-state index contributed by atoms with van der Waals surface area (Å²) in [6, 6.07) is 3.96. The van der Waals surface area contributed by atoms with E-state index < -0.39 is 71.3 Å². The summed E-state index contributed by atoms with van der Waals surface area (Å²) in [7, 11) is 0.533. The minimum atomic E-state index is -8.67. The number of halogens is 17. The first-order valence-electron chi connectivity index (χ1n) is 10.4. The maximum atomic E-state index is 14.6. The summed E-state index contributed by atoms with van der Waals surface area (Å²) in [5.41, 5.74) is -3.43. The number of alkyl halides is 17. The maximum Gasteiger partial charge on any atom is 0.460 e. The first-order chi connectivity index (χ1) is 17.4. The van der Waals surface area contributed by atoms with Crippen molar-refractivity contribution in [2.75, 3.05) is 7.11 Å². The van der Waals surface area contributed by atoms with Crippen LogP contribution in [0.15, 0.2) is 24.3 Å². The van der Waals surface area contributed by atoms with E-state index in [-0.39, 0.29) is 5.75 Å². The Morgan fingerprint density at radius 2 is 1.02 bits per heavy atom. The molecule has 2 nitrogen and oxygen atoms in total. The van der Waals surface area contributed by atoms with E-state index in [1.165, 1.54) is 19.9 Å². The highest BCUT2D eigenvalue weighted by molar-refractivity contribution is 5.33. The van der Waals surface area contributed by atoms with Gasteiger partial charge in [0.25, 0.3) is 0 Å². The van der Waals surface area contributed by atoms with Crippen LogP contribution in [0.3, 0.4) is 0 Å². The molecule has 1 rings (SSSR count). The minimum Gasteiger partial charge on any atom is -0.491 e. The lowest BCUT2D eigenvalue weighted by Gasteiger charge is -2.44. The van der Waals surface area contributed by atoms with Crippen molar-refractivity contribution >= 4 is 0 Å². The lowest BCUT2D eigenvalue weighted by atomic mass is 9.83. The molecular weight excluding hydrogens is 607 g/mol. The summed E-state index contributed by atoms with van der Waals surface area (Å²) in [4.78, 5) is 0. The normalized spacial score (nSPS) is 16.8. The van der Waals surface area contributed by atoms with Gasteiger partial charge in [0.2, 0.25) is 0 Å². The van der Waals surface area contributed by atoms with E-state index in [0.717, 1.165) is 18.2 Å². The standard InChI is InChI=1S/C21H19F17O2/c1-10(2)40-12-7-5-6-11(8-12)13(3,39-4)9-14(22,23)15(24,25)16(26,27)17(28,29)18(30,31)19(32,33)20(34,35)21(36,37)38/h5-8,10H,9H2,1-4H3. The molecule has 0 aliphatic rings. The van der Waals surface area contributed by atoms with E-state index in [1.807, 2.05) is 0 Å². The van der Waals surface area contributed by atoms with Crippen LogP contribution in [0.5, 0.6) is 5.75 Å². The molecule has 0 radical (unpaired) electrons. The van der Waals surface area contributed by atoms with Crippen LogP contribution in [-0.2, 0) is 10.3 Å². The van der Waals surface area contributed by atoms with Crippen LogP contribution < -0.4 is 4.74 Å². The van der Waals surface area contributed by atoms with Gasteiger partial charge < -0.3 is 9.47 Å². The largest absolute Gasteiger partial charge is 0.491 e. The third kappa shape index (κ3) is 5.37. The Hall–Kier alpha value is -2.21. The predicted octanol–water partition coefficient (Wildman–Crippen LogP) is 8.73. The molecule has 0 spiro atoms. The molecular formula is C21H19F17O2. The molecule has 0 N–H and O–H groups in total. The molecule has 0 fully saturated rings. The lowest BCUT2D eigenvalue weighted by molar-refractivity contribution is -0.462. The second-order valence-corrected chi connectivity index (χ2v) is 8.95. The van der Waals surface area contributed by atoms with Crippen molar-refractivity contribution in [2.24, 2.45) is 0 Å². The molecule has 0 heterocycles. The van der Waals surface area contributed by atoms with E-state index in [2.05, 4.69) is 4.74 Å². The SMILES string of the molecule is COC(C)(CC(F)(F)C(F)(F)C(F)(F)C(F)(F)C(F)(F)C(F)(F)C(F)(F)C(F)(F)F)c1cccc(OC(C)C)c1. The summed E-state index contributed by atoms with van der Waals surface area (Å²) < 4.78 is 240. The Kier molecular flexibility index (Phi) is 9.18. The fourth-order valence-electron chi connectivity index (χ4n) is 3.19. The number of ether oxygens (including phenoxy) is 2. The van der Waals surface area contributed by atoms with Crippen molar-refractivity contribution in [1.29, 1.82) is 0 Å². The third-order valence-electron chi connectivity index (χ3n) is 5.61. The molecule has 1 aromatic carbocycles. The second-order valence-electron chi connectivity index (χ2n) is 8.95.